The van der Waals surface area contributed by atoms with Gasteiger partial charge in [-0.2, -0.15) is 0 Å². The molecule has 0 aliphatic heterocycles. The van der Waals surface area contributed by atoms with Crippen molar-refractivity contribution in [3.63, 3.8) is 0 Å². The summed E-state index contributed by atoms with van der Waals surface area (Å²) in [6.07, 6.45) is 0.471. The first-order chi connectivity index (χ1) is 4.72. The van der Waals surface area contributed by atoms with Gasteiger partial charge < -0.3 is 0 Å². The van der Waals surface area contributed by atoms with E-state index in [1.807, 2.05) is 13.8 Å². The van der Waals surface area contributed by atoms with Crippen molar-refractivity contribution in [2.24, 2.45) is 0 Å². The lowest BCUT2D eigenvalue weighted by Gasteiger charge is -1.94. The van der Waals surface area contributed by atoms with Crippen LogP contribution in [0.5, 0.6) is 0 Å². The van der Waals surface area contributed by atoms with Crippen LogP contribution in [0, 0.1) is 0 Å². The van der Waals surface area contributed by atoms with Crippen LogP contribution in [0.4, 0.5) is 4.48 Å². The summed E-state index contributed by atoms with van der Waals surface area (Å²) >= 11 is 0. The molecule has 4 heteroatoms. The molecule has 0 spiro atoms. The molecule has 0 aromatic rings. The fourth-order valence-electron chi connectivity index (χ4n) is 0.139. The summed E-state index contributed by atoms with van der Waals surface area (Å²) in [5.41, 5.74) is 0. The van der Waals surface area contributed by atoms with Gasteiger partial charge in [-0.3, -0.25) is 9.59 Å². The van der Waals surface area contributed by atoms with Gasteiger partial charge in [0.25, 0.3) is 5.91 Å². The number of amides is 2. The molecule has 3 nitrogen and oxygen atoms in total. The number of imide groups is 1. The van der Waals surface area contributed by atoms with Crippen molar-refractivity contribution >= 4 is 12.3 Å². The molecular formula is C6H10FNO2. The van der Waals surface area contributed by atoms with Crippen LogP contribution in [0.15, 0.2) is 12.7 Å². The lowest BCUT2D eigenvalue weighted by Crippen LogP contribution is -2.17. The first-order valence-electron chi connectivity index (χ1n) is 2.79. The minimum atomic E-state index is -1.06. The highest BCUT2D eigenvalue weighted by atomic mass is 19.2. The Bertz CT molecular complexity index is 125. The molecule has 2 amide bonds. The molecule has 0 aromatic carbocycles. The topological polar surface area (TPSA) is 37.4 Å². The molecule has 0 aromatic heterocycles. The van der Waals surface area contributed by atoms with Gasteiger partial charge in [-0.05, 0) is 6.08 Å². The summed E-state index contributed by atoms with van der Waals surface area (Å²) in [5.74, 6) is -1.06. The van der Waals surface area contributed by atoms with E-state index in [4.69, 9.17) is 0 Å². The maximum Gasteiger partial charge on any atom is 0.280 e. The maximum absolute atomic E-state index is 11.6. The van der Waals surface area contributed by atoms with Gasteiger partial charge in [0.05, 0.1) is 0 Å². The fraction of sp³-hybridized carbons (Fsp3) is 0.333. The fourth-order valence-corrected chi connectivity index (χ4v) is 0.139. The highest BCUT2D eigenvalue weighted by molar-refractivity contribution is 5.92. The Morgan fingerprint density at radius 1 is 1.60 bits per heavy atom. The first-order valence-corrected chi connectivity index (χ1v) is 2.79. The summed E-state index contributed by atoms with van der Waals surface area (Å²) < 4.78 is 11.6. The SMILES string of the molecule is C=CC(=O)N(F)C=O.CC. The third kappa shape index (κ3) is 4.96. The number of hydrogen-bond donors (Lipinski definition) is 0. The van der Waals surface area contributed by atoms with E-state index in [9.17, 15) is 14.1 Å². The number of carbonyl (C=O) groups excluding carboxylic acids is 2. The number of nitrogens with zero attached hydrogens (tertiary/aromatic N) is 1. The molecule has 10 heavy (non-hydrogen) atoms. The van der Waals surface area contributed by atoms with E-state index < -0.39 is 11.0 Å². The lowest BCUT2D eigenvalue weighted by atomic mass is 10.6. The van der Waals surface area contributed by atoms with Gasteiger partial charge in [0.2, 0.25) is 6.41 Å². The molecule has 0 rings (SSSR count). The van der Waals surface area contributed by atoms with Crippen LogP contribution in [0.2, 0.25) is 0 Å². The van der Waals surface area contributed by atoms with Crippen molar-refractivity contribution < 1.29 is 14.1 Å². The summed E-state index contributed by atoms with van der Waals surface area (Å²) in [5, 5.41) is -0.590. The van der Waals surface area contributed by atoms with Crippen LogP contribution in [0.25, 0.3) is 0 Å². The third-order valence-corrected chi connectivity index (χ3v) is 0.478. The second-order valence-corrected chi connectivity index (χ2v) is 0.959. The van der Waals surface area contributed by atoms with Crippen LogP contribution in [-0.4, -0.2) is 17.4 Å². The minimum Gasteiger partial charge on any atom is -0.276 e. The molecule has 0 saturated heterocycles. The number of carbonyl (C=O) groups is 2. The quantitative estimate of drug-likeness (QED) is 0.333. The zero-order valence-electron chi connectivity index (χ0n) is 6.00. The van der Waals surface area contributed by atoms with Gasteiger partial charge in [0.15, 0.2) is 0 Å². The van der Waals surface area contributed by atoms with E-state index in [1.165, 1.54) is 0 Å². The first kappa shape index (κ1) is 11.6. The van der Waals surface area contributed by atoms with E-state index in [2.05, 4.69) is 6.58 Å². The molecule has 0 aliphatic rings. The molecule has 0 unspecified atom stereocenters. The second-order valence-electron chi connectivity index (χ2n) is 0.959. The summed E-state index contributed by atoms with van der Waals surface area (Å²) in [6, 6.07) is 0. The number of rotatable bonds is 2. The molecule has 0 aliphatic carbocycles. The smallest absolute Gasteiger partial charge is 0.276 e. The molecule has 0 fully saturated rings. The summed E-state index contributed by atoms with van der Waals surface area (Å²) in [4.78, 5) is 19.3. The average molecular weight is 147 g/mol. The predicted octanol–water partition coefficient (Wildman–Crippen LogP) is 1.07. The van der Waals surface area contributed by atoms with Crippen LogP contribution in [-0.2, 0) is 9.59 Å². The zero-order valence-corrected chi connectivity index (χ0v) is 6.00. The second kappa shape index (κ2) is 7.81. The standard InChI is InChI=1S/C4H4FNO2.C2H6/c1-2-4(8)6(5)3-7;1-2/h2-3H,1H2;1-2H3. The minimum absolute atomic E-state index is 0.232. The van der Waals surface area contributed by atoms with Crippen molar-refractivity contribution in [1.82, 2.24) is 5.12 Å². The molecule has 0 N–H and O–H groups in total. The average Bonchev–Trinajstić information content (AvgIpc) is 2.05. The van der Waals surface area contributed by atoms with Crippen LogP contribution >= 0.6 is 0 Å². The number of hydrogen-bond acceptors (Lipinski definition) is 2. The molecule has 0 bridgehead atoms. The van der Waals surface area contributed by atoms with Gasteiger partial charge in [0.1, 0.15) is 0 Å². The number of halogens is 1. The Morgan fingerprint density at radius 2 is 2.00 bits per heavy atom. The normalized spacial score (nSPS) is 6.70. The van der Waals surface area contributed by atoms with E-state index in [0.717, 1.165) is 0 Å². The van der Waals surface area contributed by atoms with Crippen LogP contribution in [0.1, 0.15) is 13.8 Å². The Kier molecular flexibility index (Phi) is 9.05. The van der Waals surface area contributed by atoms with Gasteiger partial charge in [-0.25, -0.2) is 0 Å². The van der Waals surface area contributed by atoms with Gasteiger partial charge in [-0.1, -0.05) is 24.9 Å². The monoisotopic (exact) mass is 147 g/mol. The van der Waals surface area contributed by atoms with Crippen molar-refractivity contribution in [1.29, 1.82) is 0 Å². The lowest BCUT2D eigenvalue weighted by molar-refractivity contribution is -0.149. The molecule has 0 radical (unpaired) electrons. The van der Waals surface area contributed by atoms with Gasteiger partial charge in [-0.15, -0.1) is 5.12 Å². The van der Waals surface area contributed by atoms with Crippen molar-refractivity contribution in [2.75, 3.05) is 0 Å². The Labute approximate surface area is 59.1 Å². The van der Waals surface area contributed by atoms with Crippen LogP contribution < -0.4 is 0 Å². The third-order valence-electron chi connectivity index (χ3n) is 0.478. The zero-order chi connectivity index (χ0) is 8.57. The largest absolute Gasteiger partial charge is 0.280 e. The molecule has 0 saturated carbocycles. The molecule has 58 valence electrons. The maximum atomic E-state index is 11.6. The molecule has 0 atom stereocenters. The summed E-state index contributed by atoms with van der Waals surface area (Å²) in [6.45, 7) is 6.94. The Morgan fingerprint density at radius 3 is 2.10 bits per heavy atom. The van der Waals surface area contributed by atoms with Crippen molar-refractivity contribution in [3.8, 4) is 0 Å². The van der Waals surface area contributed by atoms with E-state index in [-0.39, 0.29) is 6.41 Å². The van der Waals surface area contributed by atoms with Gasteiger partial charge >= 0.3 is 0 Å². The highest BCUT2D eigenvalue weighted by Gasteiger charge is 2.03. The molecule has 0 heterocycles. The van der Waals surface area contributed by atoms with E-state index >= 15 is 0 Å². The van der Waals surface area contributed by atoms with Crippen molar-refractivity contribution in [3.05, 3.63) is 12.7 Å². The molecular weight excluding hydrogens is 137 g/mol. The van der Waals surface area contributed by atoms with Crippen LogP contribution in [0.3, 0.4) is 0 Å². The van der Waals surface area contributed by atoms with Crippen molar-refractivity contribution in [2.45, 2.75) is 13.8 Å². The predicted molar refractivity (Wildman–Crippen MR) is 35.6 cm³/mol. The van der Waals surface area contributed by atoms with E-state index in [1.54, 1.807) is 0 Å². The van der Waals surface area contributed by atoms with E-state index in [0.29, 0.717) is 6.08 Å². The van der Waals surface area contributed by atoms with Gasteiger partial charge in [0, 0.05) is 0 Å². The Hall–Kier alpha value is -1.19. The highest BCUT2D eigenvalue weighted by Crippen LogP contribution is 1.83. The summed E-state index contributed by atoms with van der Waals surface area (Å²) in [7, 11) is 0. The Balaban J connectivity index is 0.